The highest BCUT2D eigenvalue weighted by Gasteiger charge is 2.36. The third-order valence-corrected chi connectivity index (χ3v) is 7.19. The van der Waals surface area contributed by atoms with Gasteiger partial charge in [-0.2, -0.15) is 17.5 Å². The minimum absolute atomic E-state index is 0.0182. The van der Waals surface area contributed by atoms with Crippen molar-refractivity contribution >= 4 is 21.6 Å². The first-order chi connectivity index (χ1) is 14.4. The van der Waals surface area contributed by atoms with Crippen molar-refractivity contribution in [2.75, 3.05) is 32.7 Å². The summed E-state index contributed by atoms with van der Waals surface area (Å²) in [6.07, 6.45) is -6.05. The zero-order chi connectivity index (χ0) is 23.0. The normalized spacial score (nSPS) is 17.6. The fourth-order valence-corrected chi connectivity index (χ4v) is 4.97. The van der Waals surface area contributed by atoms with E-state index in [-0.39, 0.29) is 38.3 Å². The van der Waals surface area contributed by atoms with E-state index in [1.165, 1.54) is 0 Å². The number of rotatable bonds is 5. The SMILES string of the molecule is O=S(=O)(c1ccc(Cl)c(C(F)(F)F)c1)N1CCN(CC(O)c2ccc(F)cc2F)CC1. The summed E-state index contributed by atoms with van der Waals surface area (Å²) in [4.78, 5) is 1.16. The smallest absolute Gasteiger partial charge is 0.387 e. The Morgan fingerprint density at radius 1 is 1.03 bits per heavy atom. The topological polar surface area (TPSA) is 60.9 Å². The number of halogens is 6. The average Bonchev–Trinajstić information content (AvgIpc) is 2.67. The molecule has 31 heavy (non-hydrogen) atoms. The molecule has 5 nitrogen and oxygen atoms in total. The minimum atomic E-state index is -4.80. The molecule has 0 aromatic heterocycles. The van der Waals surface area contributed by atoms with E-state index in [1.54, 1.807) is 4.90 Å². The van der Waals surface area contributed by atoms with Crippen LogP contribution in [0.15, 0.2) is 41.3 Å². The molecule has 1 fully saturated rings. The summed E-state index contributed by atoms with van der Waals surface area (Å²) < 4.78 is 92.6. The van der Waals surface area contributed by atoms with E-state index < -0.39 is 49.4 Å². The zero-order valence-electron chi connectivity index (χ0n) is 15.9. The van der Waals surface area contributed by atoms with Gasteiger partial charge in [0.15, 0.2) is 0 Å². The molecule has 2 aromatic carbocycles. The summed E-state index contributed by atoms with van der Waals surface area (Å²) in [6, 6.07) is 5.22. The number of alkyl halides is 3. The molecular weight excluding hydrogens is 467 g/mol. The number of hydrogen-bond acceptors (Lipinski definition) is 4. The van der Waals surface area contributed by atoms with Crippen LogP contribution in [0.2, 0.25) is 5.02 Å². The van der Waals surface area contributed by atoms with Crippen LogP contribution in [-0.2, 0) is 16.2 Å². The lowest BCUT2D eigenvalue weighted by atomic mass is 10.1. The fourth-order valence-electron chi connectivity index (χ4n) is 3.30. The van der Waals surface area contributed by atoms with Crippen molar-refractivity contribution in [1.29, 1.82) is 0 Å². The van der Waals surface area contributed by atoms with Gasteiger partial charge in [0.2, 0.25) is 10.0 Å². The number of benzene rings is 2. The first kappa shape index (κ1) is 23.9. The summed E-state index contributed by atoms with van der Waals surface area (Å²) in [5, 5.41) is 9.63. The fraction of sp³-hybridized carbons (Fsp3) is 0.368. The van der Waals surface area contributed by atoms with Crippen LogP contribution in [0.25, 0.3) is 0 Å². The summed E-state index contributed by atoms with van der Waals surface area (Å²) in [5.41, 5.74) is -1.32. The van der Waals surface area contributed by atoms with Crippen LogP contribution in [0.4, 0.5) is 22.0 Å². The second-order valence-corrected chi connectivity index (χ2v) is 9.37. The van der Waals surface area contributed by atoms with Crippen LogP contribution >= 0.6 is 11.6 Å². The second kappa shape index (κ2) is 8.99. The van der Waals surface area contributed by atoms with Gasteiger partial charge in [-0.1, -0.05) is 17.7 Å². The molecule has 0 aliphatic carbocycles. The summed E-state index contributed by atoms with van der Waals surface area (Å²) >= 11 is 5.55. The molecule has 1 aliphatic heterocycles. The molecule has 0 radical (unpaired) electrons. The number of sulfonamides is 1. The van der Waals surface area contributed by atoms with Crippen molar-refractivity contribution < 1.29 is 35.5 Å². The molecule has 1 unspecified atom stereocenters. The Hall–Kier alpha value is -1.79. The van der Waals surface area contributed by atoms with Gasteiger partial charge in [-0.25, -0.2) is 17.2 Å². The maximum Gasteiger partial charge on any atom is 0.417 e. The summed E-state index contributed by atoms with van der Waals surface area (Å²) in [6.45, 7) is 0.239. The third-order valence-electron chi connectivity index (χ3n) is 4.96. The maximum atomic E-state index is 13.8. The van der Waals surface area contributed by atoms with Crippen molar-refractivity contribution in [3.63, 3.8) is 0 Å². The highest BCUT2D eigenvalue weighted by molar-refractivity contribution is 7.89. The highest BCUT2D eigenvalue weighted by atomic mass is 35.5. The standard InChI is InChI=1S/C19H18ClF5N2O3S/c20-16-4-2-13(10-15(16)19(23,24)25)31(29,30)27-7-5-26(6-8-27)11-18(28)14-3-1-12(21)9-17(14)22/h1-4,9-10,18,28H,5-8,11H2. The lowest BCUT2D eigenvalue weighted by Crippen LogP contribution is -2.49. The monoisotopic (exact) mass is 484 g/mol. The van der Waals surface area contributed by atoms with Crippen molar-refractivity contribution in [3.8, 4) is 0 Å². The Morgan fingerprint density at radius 2 is 1.68 bits per heavy atom. The van der Waals surface area contributed by atoms with E-state index in [1.807, 2.05) is 0 Å². The Bertz CT molecular complexity index is 1060. The van der Waals surface area contributed by atoms with Gasteiger partial charge < -0.3 is 5.11 Å². The third kappa shape index (κ3) is 5.35. The van der Waals surface area contributed by atoms with Crippen LogP contribution in [0.3, 0.4) is 0 Å². The van der Waals surface area contributed by atoms with Crippen molar-refractivity contribution in [3.05, 3.63) is 64.2 Å². The molecular formula is C19H18ClF5N2O3S. The minimum Gasteiger partial charge on any atom is -0.387 e. The molecule has 0 bridgehead atoms. The molecule has 1 N–H and O–H groups in total. The Morgan fingerprint density at radius 3 is 2.26 bits per heavy atom. The van der Waals surface area contributed by atoms with Crippen molar-refractivity contribution in [2.45, 2.75) is 17.2 Å². The molecule has 1 aliphatic rings. The molecule has 3 rings (SSSR count). The number of aliphatic hydroxyl groups is 1. The van der Waals surface area contributed by atoms with Crippen LogP contribution in [0.5, 0.6) is 0 Å². The predicted octanol–water partition coefficient (Wildman–Crippen LogP) is 3.68. The Balaban J connectivity index is 1.67. The van der Waals surface area contributed by atoms with Crippen LogP contribution in [0.1, 0.15) is 17.2 Å². The average molecular weight is 485 g/mol. The quantitative estimate of drug-likeness (QED) is 0.658. The first-order valence-corrected chi connectivity index (χ1v) is 10.9. The lowest BCUT2D eigenvalue weighted by molar-refractivity contribution is -0.137. The molecule has 0 saturated carbocycles. The summed E-state index contributed by atoms with van der Waals surface area (Å²) in [7, 11) is -4.19. The van der Waals surface area contributed by atoms with E-state index in [9.17, 15) is 35.5 Å². The van der Waals surface area contributed by atoms with Gasteiger partial charge in [0.1, 0.15) is 11.6 Å². The van der Waals surface area contributed by atoms with Crippen molar-refractivity contribution in [1.82, 2.24) is 9.21 Å². The van der Waals surface area contributed by atoms with Gasteiger partial charge in [0.25, 0.3) is 0 Å². The van der Waals surface area contributed by atoms with E-state index >= 15 is 0 Å². The molecule has 170 valence electrons. The van der Waals surface area contributed by atoms with Crippen LogP contribution in [-0.4, -0.2) is 55.5 Å². The van der Waals surface area contributed by atoms with Crippen molar-refractivity contribution in [2.24, 2.45) is 0 Å². The molecule has 1 saturated heterocycles. The number of nitrogens with zero attached hydrogens (tertiary/aromatic N) is 2. The first-order valence-electron chi connectivity index (χ1n) is 9.12. The number of hydrogen-bond donors (Lipinski definition) is 1. The lowest BCUT2D eigenvalue weighted by Gasteiger charge is -2.35. The summed E-state index contributed by atoms with van der Waals surface area (Å²) in [5.74, 6) is -1.67. The second-order valence-electron chi connectivity index (χ2n) is 7.03. The maximum absolute atomic E-state index is 13.8. The van der Waals surface area contributed by atoms with E-state index in [0.29, 0.717) is 12.1 Å². The number of aliphatic hydroxyl groups excluding tert-OH is 1. The molecule has 1 heterocycles. The van der Waals surface area contributed by atoms with Crippen LogP contribution < -0.4 is 0 Å². The molecule has 0 amide bonds. The van der Waals surface area contributed by atoms with E-state index in [4.69, 9.17) is 11.6 Å². The predicted molar refractivity (Wildman–Crippen MR) is 103 cm³/mol. The van der Waals surface area contributed by atoms with Gasteiger partial charge in [-0.15, -0.1) is 0 Å². The molecule has 12 heteroatoms. The van der Waals surface area contributed by atoms with Gasteiger partial charge in [-0.05, 0) is 24.3 Å². The number of piperazine rings is 1. The van der Waals surface area contributed by atoms with Gasteiger partial charge in [0, 0.05) is 44.4 Å². The molecule has 0 spiro atoms. The Labute approximate surface area is 180 Å². The van der Waals surface area contributed by atoms with Crippen LogP contribution in [0, 0.1) is 11.6 Å². The van der Waals surface area contributed by atoms with E-state index in [0.717, 1.165) is 28.6 Å². The molecule has 2 aromatic rings. The zero-order valence-corrected chi connectivity index (χ0v) is 17.5. The largest absolute Gasteiger partial charge is 0.417 e. The highest BCUT2D eigenvalue weighted by Crippen LogP contribution is 2.36. The number of β-amino-alcohol motifs (C(OH)–C–C–N with tert-alkyl or cyclic N) is 1. The van der Waals surface area contributed by atoms with Gasteiger partial charge in [-0.3, -0.25) is 4.90 Å². The van der Waals surface area contributed by atoms with Gasteiger partial charge in [0.05, 0.1) is 21.6 Å². The van der Waals surface area contributed by atoms with E-state index in [2.05, 4.69) is 0 Å². The Kier molecular flexibility index (Phi) is 6.92. The van der Waals surface area contributed by atoms with Gasteiger partial charge >= 0.3 is 6.18 Å². The molecule has 1 atom stereocenters.